The molecule has 2 aliphatic rings. The van der Waals surface area contributed by atoms with E-state index in [9.17, 15) is 9.59 Å². The highest BCUT2D eigenvalue weighted by Gasteiger charge is 2.35. The van der Waals surface area contributed by atoms with E-state index < -0.39 is 0 Å². The minimum absolute atomic E-state index is 0.0669. The van der Waals surface area contributed by atoms with Crippen molar-refractivity contribution in [3.63, 3.8) is 0 Å². The Morgan fingerprint density at radius 1 is 1.50 bits per heavy atom. The minimum Gasteiger partial charge on any atom is -0.353 e. The number of piperazine rings is 1. The van der Waals surface area contributed by atoms with Gasteiger partial charge in [-0.3, -0.25) is 9.59 Å². The second kappa shape index (κ2) is 5.13. The van der Waals surface area contributed by atoms with E-state index in [1.165, 1.54) is 0 Å². The van der Waals surface area contributed by atoms with Crippen molar-refractivity contribution in [3.05, 3.63) is 23.0 Å². The smallest absolute Gasteiger partial charge is 0.271 e. The van der Waals surface area contributed by atoms with Gasteiger partial charge < -0.3 is 14.8 Å². The van der Waals surface area contributed by atoms with Gasteiger partial charge in [0.15, 0.2) is 0 Å². The van der Waals surface area contributed by atoms with Crippen molar-refractivity contribution in [1.82, 2.24) is 14.8 Å². The van der Waals surface area contributed by atoms with E-state index in [0.717, 1.165) is 12.8 Å². The molecule has 1 aliphatic heterocycles. The quantitative estimate of drug-likeness (QED) is 0.925. The molecule has 0 aromatic carbocycles. The molecule has 1 aromatic rings. The van der Waals surface area contributed by atoms with Crippen LogP contribution in [0.4, 0.5) is 0 Å². The van der Waals surface area contributed by atoms with Gasteiger partial charge in [-0.1, -0.05) is 18.5 Å². The summed E-state index contributed by atoms with van der Waals surface area (Å²) in [5.74, 6) is -0.159. The van der Waals surface area contributed by atoms with Crippen LogP contribution in [0.25, 0.3) is 0 Å². The highest BCUT2D eigenvalue weighted by Crippen LogP contribution is 2.37. The van der Waals surface area contributed by atoms with Gasteiger partial charge in [-0.15, -0.1) is 0 Å². The average Bonchev–Trinajstić information content (AvgIpc) is 3.20. The average molecular weight is 296 g/mol. The Balaban J connectivity index is 1.89. The maximum absolute atomic E-state index is 12.7. The second-order valence-corrected chi connectivity index (χ2v) is 5.83. The molecule has 1 atom stereocenters. The van der Waals surface area contributed by atoms with E-state index >= 15 is 0 Å². The Kier molecular flexibility index (Phi) is 3.46. The summed E-state index contributed by atoms with van der Waals surface area (Å²) in [6, 6.07) is 1.72. The molecule has 1 saturated carbocycles. The molecule has 3 rings (SSSR count). The fourth-order valence-corrected chi connectivity index (χ4v) is 2.99. The summed E-state index contributed by atoms with van der Waals surface area (Å²) >= 11 is 6.05. The van der Waals surface area contributed by atoms with Crippen molar-refractivity contribution in [2.24, 2.45) is 0 Å². The van der Waals surface area contributed by atoms with Gasteiger partial charge in [0.25, 0.3) is 5.91 Å². The van der Waals surface area contributed by atoms with E-state index in [-0.39, 0.29) is 17.9 Å². The van der Waals surface area contributed by atoms with Gasteiger partial charge in [0.05, 0.1) is 5.02 Å². The van der Waals surface area contributed by atoms with E-state index in [0.29, 0.717) is 36.3 Å². The van der Waals surface area contributed by atoms with Crippen LogP contribution in [0.5, 0.6) is 0 Å². The zero-order chi connectivity index (χ0) is 14.3. The fraction of sp³-hybridized carbons (Fsp3) is 0.571. The summed E-state index contributed by atoms with van der Waals surface area (Å²) in [6.07, 6.45) is 4.61. The highest BCUT2D eigenvalue weighted by atomic mass is 35.5. The van der Waals surface area contributed by atoms with Crippen molar-refractivity contribution in [1.29, 1.82) is 0 Å². The van der Waals surface area contributed by atoms with Crippen LogP contribution < -0.4 is 5.32 Å². The third kappa shape index (κ3) is 2.30. The van der Waals surface area contributed by atoms with Crippen LogP contribution in [0.15, 0.2) is 12.3 Å². The topological polar surface area (TPSA) is 54.3 Å². The first-order valence-electron chi connectivity index (χ1n) is 7.08. The Hall–Kier alpha value is -1.49. The van der Waals surface area contributed by atoms with Crippen LogP contribution >= 0.6 is 11.6 Å². The predicted molar refractivity (Wildman–Crippen MR) is 75.8 cm³/mol. The molecule has 1 N–H and O–H groups in total. The molecule has 1 aromatic heterocycles. The number of aromatic nitrogens is 1. The van der Waals surface area contributed by atoms with Crippen molar-refractivity contribution in [3.8, 4) is 0 Å². The third-order valence-corrected chi connectivity index (χ3v) is 4.16. The number of nitrogens with zero attached hydrogens (tertiary/aromatic N) is 2. The van der Waals surface area contributed by atoms with Crippen molar-refractivity contribution < 1.29 is 9.59 Å². The molecule has 1 saturated heterocycles. The van der Waals surface area contributed by atoms with Crippen LogP contribution in [0.2, 0.25) is 5.02 Å². The maximum Gasteiger partial charge on any atom is 0.271 e. The van der Waals surface area contributed by atoms with Crippen molar-refractivity contribution in [2.75, 3.05) is 13.1 Å². The number of nitrogens with one attached hydrogen (secondary N) is 1. The van der Waals surface area contributed by atoms with Crippen LogP contribution in [0, 0.1) is 0 Å². The SMILES string of the molecule is CCC1C(=O)NCCN1C(=O)c1cc(Cl)cn1C1CC1. The standard InChI is InChI=1S/C14H18ClN3O2/c1-2-11-13(19)16-5-6-17(11)14(20)12-7-9(15)8-18(12)10-3-4-10/h7-8,10-11H,2-6H2,1H3,(H,16,19). The summed E-state index contributed by atoms with van der Waals surface area (Å²) in [5.41, 5.74) is 0.602. The van der Waals surface area contributed by atoms with Gasteiger partial charge in [-0.05, 0) is 25.3 Å². The molecular formula is C14H18ClN3O2. The number of carbonyl (C=O) groups excluding carboxylic acids is 2. The van der Waals surface area contributed by atoms with Crippen LogP contribution in [-0.2, 0) is 4.79 Å². The monoisotopic (exact) mass is 295 g/mol. The molecule has 2 amide bonds. The molecule has 6 heteroatoms. The summed E-state index contributed by atoms with van der Waals surface area (Å²) in [7, 11) is 0. The lowest BCUT2D eigenvalue weighted by molar-refractivity contribution is -0.127. The fourth-order valence-electron chi connectivity index (χ4n) is 2.78. The molecule has 20 heavy (non-hydrogen) atoms. The van der Waals surface area contributed by atoms with Crippen molar-refractivity contribution in [2.45, 2.75) is 38.3 Å². The van der Waals surface area contributed by atoms with E-state index in [2.05, 4.69) is 5.32 Å². The molecule has 0 spiro atoms. The minimum atomic E-state index is -0.377. The summed E-state index contributed by atoms with van der Waals surface area (Å²) in [4.78, 5) is 26.3. The van der Waals surface area contributed by atoms with Crippen LogP contribution in [0.1, 0.15) is 42.7 Å². The van der Waals surface area contributed by atoms with Gasteiger partial charge in [-0.25, -0.2) is 0 Å². The zero-order valence-corrected chi connectivity index (χ0v) is 12.2. The zero-order valence-electron chi connectivity index (χ0n) is 11.4. The molecule has 1 aliphatic carbocycles. The molecule has 108 valence electrons. The number of amides is 2. The lowest BCUT2D eigenvalue weighted by Crippen LogP contribution is -2.57. The Bertz CT molecular complexity index is 551. The molecule has 2 heterocycles. The molecule has 0 radical (unpaired) electrons. The Labute approximate surface area is 122 Å². The second-order valence-electron chi connectivity index (χ2n) is 5.40. The first-order valence-corrected chi connectivity index (χ1v) is 7.45. The number of hydrogen-bond acceptors (Lipinski definition) is 2. The van der Waals surface area contributed by atoms with Crippen LogP contribution in [0.3, 0.4) is 0 Å². The normalized spacial score (nSPS) is 22.8. The lowest BCUT2D eigenvalue weighted by atomic mass is 10.1. The molecule has 2 fully saturated rings. The third-order valence-electron chi connectivity index (χ3n) is 3.95. The van der Waals surface area contributed by atoms with Gasteiger partial charge in [0, 0.05) is 25.3 Å². The van der Waals surface area contributed by atoms with E-state index in [1.807, 2.05) is 17.7 Å². The summed E-state index contributed by atoms with van der Waals surface area (Å²) in [6.45, 7) is 2.98. The Morgan fingerprint density at radius 3 is 2.90 bits per heavy atom. The van der Waals surface area contributed by atoms with E-state index in [4.69, 9.17) is 11.6 Å². The number of rotatable bonds is 3. The molecule has 1 unspecified atom stereocenters. The largest absolute Gasteiger partial charge is 0.353 e. The first-order chi connectivity index (χ1) is 9.61. The lowest BCUT2D eigenvalue weighted by Gasteiger charge is -2.34. The summed E-state index contributed by atoms with van der Waals surface area (Å²) in [5, 5.41) is 3.39. The summed E-state index contributed by atoms with van der Waals surface area (Å²) < 4.78 is 1.96. The Morgan fingerprint density at radius 2 is 2.25 bits per heavy atom. The van der Waals surface area contributed by atoms with Gasteiger partial charge in [0.2, 0.25) is 5.91 Å². The molecule has 5 nitrogen and oxygen atoms in total. The number of halogens is 1. The van der Waals surface area contributed by atoms with Crippen molar-refractivity contribution >= 4 is 23.4 Å². The first kappa shape index (κ1) is 13.5. The van der Waals surface area contributed by atoms with Gasteiger partial charge in [-0.2, -0.15) is 0 Å². The predicted octanol–water partition coefficient (Wildman–Crippen LogP) is 1.83. The maximum atomic E-state index is 12.7. The number of hydrogen-bond donors (Lipinski definition) is 1. The van der Waals surface area contributed by atoms with E-state index in [1.54, 1.807) is 11.0 Å². The van der Waals surface area contributed by atoms with Crippen LogP contribution in [-0.4, -0.2) is 40.4 Å². The molecular weight excluding hydrogens is 278 g/mol. The molecule has 0 bridgehead atoms. The highest BCUT2D eigenvalue weighted by molar-refractivity contribution is 6.31. The number of carbonyl (C=O) groups is 2. The van der Waals surface area contributed by atoms with Gasteiger partial charge in [0.1, 0.15) is 11.7 Å². The van der Waals surface area contributed by atoms with Gasteiger partial charge >= 0.3 is 0 Å².